The highest BCUT2D eigenvalue weighted by Crippen LogP contribution is 2.22. The molecule has 0 bridgehead atoms. The van der Waals surface area contributed by atoms with E-state index in [1.54, 1.807) is 7.11 Å². The van der Waals surface area contributed by atoms with E-state index >= 15 is 0 Å². The number of nitrogens with two attached hydrogens (primary N) is 1. The predicted octanol–water partition coefficient (Wildman–Crippen LogP) is 0.728. The van der Waals surface area contributed by atoms with Gasteiger partial charge in [-0.1, -0.05) is 0 Å². The summed E-state index contributed by atoms with van der Waals surface area (Å²) in [5.41, 5.74) is 5.90. The molecular weight excluding hydrogens is 190 g/mol. The van der Waals surface area contributed by atoms with Crippen LogP contribution in [0, 0.1) is 11.3 Å². The first-order chi connectivity index (χ1) is 7.27. The third-order valence-corrected chi connectivity index (χ3v) is 3.06. The molecule has 2 atom stereocenters. The van der Waals surface area contributed by atoms with Gasteiger partial charge < -0.3 is 10.5 Å². The molecule has 15 heavy (non-hydrogen) atoms. The van der Waals surface area contributed by atoms with E-state index in [-0.39, 0.29) is 0 Å². The Balaban J connectivity index is 2.37. The summed E-state index contributed by atoms with van der Waals surface area (Å²) in [4.78, 5) is 2.35. The van der Waals surface area contributed by atoms with E-state index in [4.69, 9.17) is 15.7 Å². The predicted molar refractivity (Wildman–Crippen MR) is 59.3 cm³/mol. The van der Waals surface area contributed by atoms with Crippen molar-refractivity contribution in [2.24, 2.45) is 5.73 Å². The molecule has 1 aliphatic carbocycles. The van der Waals surface area contributed by atoms with E-state index in [1.165, 1.54) is 0 Å². The zero-order valence-electron chi connectivity index (χ0n) is 9.48. The maximum atomic E-state index is 8.60. The number of rotatable bonds is 6. The second kappa shape index (κ2) is 6.78. The van der Waals surface area contributed by atoms with E-state index in [9.17, 15) is 0 Å². The lowest BCUT2D eigenvalue weighted by Crippen LogP contribution is -2.37. The monoisotopic (exact) mass is 211 g/mol. The highest BCUT2D eigenvalue weighted by Gasteiger charge is 2.26. The van der Waals surface area contributed by atoms with Gasteiger partial charge in [0, 0.05) is 38.7 Å². The van der Waals surface area contributed by atoms with Crippen LogP contribution in [-0.2, 0) is 4.74 Å². The van der Waals surface area contributed by atoms with Gasteiger partial charge in [-0.3, -0.25) is 4.90 Å². The molecule has 0 aromatic carbocycles. The topological polar surface area (TPSA) is 62.3 Å². The van der Waals surface area contributed by atoms with E-state index in [0.29, 0.717) is 18.5 Å². The molecule has 4 heteroatoms. The molecule has 0 aromatic heterocycles. The first-order valence-corrected chi connectivity index (χ1v) is 5.63. The fourth-order valence-electron chi connectivity index (χ4n) is 2.20. The Morgan fingerprint density at radius 2 is 2.27 bits per heavy atom. The van der Waals surface area contributed by atoms with Crippen LogP contribution in [0.5, 0.6) is 0 Å². The number of ether oxygens (including phenoxy) is 1. The van der Waals surface area contributed by atoms with Crippen molar-refractivity contribution in [2.75, 3.05) is 26.8 Å². The number of nitrogens with zero attached hydrogens (tertiary/aromatic N) is 2. The molecule has 2 unspecified atom stereocenters. The van der Waals surface area contributed by atoms with Gasteiger partial charge in [0.05, 0.1) is 12.7 Å². The molecule has 1 rings (SSSR count). The SMILES string of the molecule is COCCN(CCC#N)C1CCC(N)C1. The Labute approximate surface area is 92.0 Å². The van der Waals surface area contributed by atoms with Crippen molar-refractivity contribution in [3.05, 3.63) is 0 Å². The lowest BCUT2D eigenvalue weighted by atomic mass is 10.2. The zero-order valence-corrected chi connectivity index (χ0v) is 9.48. The Hall–Kier alpha value is -0.630. The average molecular weight is 211 g/mol. The molecule has 1 aliphatic rings. The van der Waals surface area contributed by atoms with Crippen LogP contribution in [0.3, 0.4) is 0 Å². The van der Waals surface area contributed by atoms with Gasteiger partial charge in [-0.15, -0.1) is 0 Å². The van der Waals surface area contributed by atoms with Crippen molar-refractivity contribution in [3.63, 3.8) is 0 Å². The summed E-state index contributed by atoms with van der Waals surface area (Å²) >= 11 is 0. The molecule has 1 saturated carbocycles. The minimum absolute atomic E-state index is 0.349. The average Bonchev–Trinajstić information content (AvgIpc) is 2.65. The van der Waals surface area contributed by atoms with Crippen LogP contribution < -0.4 is 5.73 Å². The van der Waals surface area contributed by atoms with Crippen molar-refractivity contribution in [1.29, 1.82) is 5.26 Å². The lowest BCUT2D eigenvalue weighted by Gasteiger charge is -2.27. The molecule has 2 N–H and O–H groups in total. The molecule has 1 fully saturated rings. The van der Waals surface area contributed by atoms with E-state index in [0.717, 1.165) is 39.0 Å². The molecule has 0 radical (unpaired) electrons. The third-order valence-electron chi connectivity index (χ3n) is 3.06. The standard InChI is InChI=1S/C11H21N3O/c1-15-8-7-14(6-2-5-12)11-4-3-10(13)9-11/h10-11H,2-4,6-9,13H2,1H3. The third kappa shape index (κ3) is 4.17. The second-order valence-electron chi connectivity index (χ2n) is 4.16. The van der Waals surface area contributed by atoms with Crippen LogP contribution >= 0.6 is 0 Å². The lowest BCUT2D eigenvalue weighted by molar-refractivity contribution is 0.122. The van der Waals surface area contributed by atoms with Crippen LogP contribution in [-0.4, -0.2) is 43.8 Å². The Morgan fingerprint density at radius 3 is 2.80 bits per heavy atom. The second-order valence-corrected chi connectivity index (χ2v) is 4.16. The zero-order chi connectivity index (χ0) is 11.1. The summed E-state index contributed by atoms with van der Waals surface area (Å²) in [6.07, 6.45) is 3.93. The first-order valence-electron chi connectivity index (χ1n) is 5.63. The van der Waals surface area contributed by atoms with Crippen LogP contribution in [0.25, 0.3) is 0 Å². The summed E-state index contributed by atoms with van der Waals surface area (Å²) in [5, 5.41) is 8.60. The maximum absolute atomic E-state index is 8.60. The molecule has 0 aromatic rings. The smallest absolute Gasteiger partial charge is 0.0635 e. The van der Waals surface area contributed by atoms with Gasteiger partial charge in [-0.25, -0.2) is 0 Å². The fraction of sp³-hybridized carbons (Fsp3) is 0.909. The van der Waals surface area contributed by atoms with E-state index < -0.39 is 0 Å². The first kappa shape index (κ1) is 12.4. The Morgan fingerprint density at radius 1 is 1.47 bits per heavy atom. The van der Waals surface area contributed by atoms with Gasteiger partial charge in [0.25, 0.3) is 0 Å². The van der Waals surface area contributed by atoms with Gasteiger partial charge >= 0.3 is 0 Å². The van der Waals surface area contributed by atoms with Crippen molar-refractivity contribution in [3.8, 4) is 6.07 Å². The van der Waals surface area contributed by atoms with Crippen LogP contribution in [0.1, 0.15) is 25.7 Å². The largest absolute Gasteiger partial charge is 0.383 e. The summed E-state index contributed by atoms with van der Waals surface area (Å²) in [7, 11) is 1.71. The highest BCUT2D eigenvalue weighted by molar-refractivity contribution is 4.86. The maximum Gasteiger partial charge on any atom is 0.0635 e. The van der Waals surface area contributed by atoms with Crippen molar-refractivity contribution >= 4 is 0 Å². The normalized spacial score (nSPS) is 25.7. The van der Waals surface area contributed by atoms with Gasteiger partial charge in [0.15, 0.2) is 0 Å². The summed E-state index contributed by atoms with van der Waals surface area (Å²) in [6, 6.07) is 3.10. The molecule has 86 valence electrons. The summed E-state index contributed by atoms with van der Waals surface area (Å²) in [6.45, 7) is 2.49. The Bertz CT molecular complexity index is 214. The summed E-state index contributed by atoms with van der Waals surface area (Å²) in [5.74, 6) is 0. The molecule has 4 nitrogen and oxygen atoms in total. The Kier molecular flexibility index (Phi) is 5.62. The minimum Gasteiger partial charge on any atom is -0.383 e. The van der Waals surface area contributed by atoms with Gasteiger partial charge in [-0.05, 0) is 19.3 Å². The summed E-state index contributed by atoms with van der Waals surface area (Å²) < 4.78 is 5.08. The number of hydrogen-bond acceptors (Lipinski definition) is 4. The molecule has 0 amide bonds. The van der Waals surface area contributed by atoms with Gasteiger partial charge in [0.1, 0.15) is 0 Å². The quantitative estimate of drug-likeness (QED) is 0.703. The number of hydrogen-bond donors (Lipinski definition) is 1. The van der Waals surface area contributed by atoms with Crippen LogP contribution in [0.15, 0.2) is 0 Å². The van der Waals surface area contributed by atoms with E-state index in [2.05, 4.69) is 11.0 Å². The van der Waals surface area contributed by atoms with Crippen molar-refractivity contribution in [1.82, 2.24) is 4.90 Å². The number of methoxy groups -OCH3 is 1. The molecule has 0 saturated heterocycles. The van der Waals surface area contributed by atoms with Gasteiger partial charge in [-0.2, -0.15) is 5.26 Å². The van der Waals surface area contributed by atoms with Crippen molar-refractivity contribution in [2.45, 2.75) is 37.8 Å². The molecular formula is C11H21N3O. The van der Waals surface area contributed by atoms with Crippen LogP contribution in [0.4, 0.5) is 0 Å². The molecule has 0 heterocycles. The minimum atomic E-state index is 0.349. The molecule has 0 spiro atoms. The molecule has 0 aliphatic heterocycles. The van der Waals surface area contributed by atoms with Gasteiger partial charge in [0.2, 0.25) is 0 Å². The van der Waals surface area contributed by atoms with E-state index in [1.807, 2.05) is 0 Å². The van der Waals surface area contributed by atoms with Crippen LogP contribution in [0.2, 0.25) is 0 Å². The highest BCUT2D eigenvalue weighted by atomic mass is 16.5. The van der Waals surface area contributed by atoms with Crippen molar-refractivity contribution < 1.29 is 4.74 Å². The fourth-order valence-corrected chi connectivity index (χ4v) is 2.20. The number of nitriles is 1.